The van der Waals surface area contributed by atoms with E-state index in [0.29, 0.717) is 54.2 Å². The number of alkyl halides is 3. The van der Waals surface area contributed by atoms with Crippen LogP contribution in [0.3, 0.4) is 0 Å². The van der Waals surface area contributed by atoms with E-state index in [9.17, 15) is 23.4 Å². The van der Waals surface area contributed by atoms with Crippen molar-refractivity contribution in [1.82, 2.24) is 29.4 Å². The molecular weight excluding hydrogens is 547 g/mol. The predicted octanol–water partition coefficient (Wildman–Crippen LogP) is 4.19. The molecule has 6 rings (SSSR count). The Morgan fingerprint density at radius 3 is 2.70 bits per heavy atom. The number of nitrogens with two attached hydrogens (primary N) is 1. The molecule has 0 bridgehead atoms. The number of aromatic amines is 1. The van der Waals surface area contributed by atoms with Crippen molar-refractivity contribution in [2.45, 2.75) is 62.6 Å². The second kappa shape index (κ2) is 10.2. The Hall–Kier alpha value is -2.93. The van der Waals surface area contributed by atoms with Crippen LogP contribution in [-0.4, -0.2) is 71.5 Å². The molecule has 3 aromatic heterocycles. The van der Waals surface area contributed by atoms with Crippen molar-refractivity contribution >= 4 is 39.5 Å². The van der Waals surface area contributed by atoms with Crippen LogP contribution in [0.15, 0.2) is 30.7 Å². The predicted molar refractivity (Wildman–Crippen MR) is 145 cm³/mol. The van der Waals surface area contributed by atoms with Gasteiger partial charge in [-0.3, -0.25) is 0 Å². The maximum atomic E-state index is 13.2. The maximum absolute atomic E-state index is 13.2. The number of aryl methyl sites for hydroxylation is 1. The van der Waals surface area contributed by atoms with Gasteiger partial charge in [-0.05, 0) is 56.8 Å². The largest absolute Gasteiger partial charge is 0.417 e. The first kappa shape index (κ1) is 27.3. The molecule has 4 aromatic rings. The van der Waals surface area contributed by atoms with E-state index in [1.54, 1.807) is 0 Å². The zero-order chi connectivity index (χ0) is 28.3. The number of anilines is 1. The topological polar surface area (TPSA) is 129 Å². The number of fused-ring (bicyclic) bond motifs is 2. The van der Waals surface area contributed by atoms with Gasteiger partial charge in [0.1, 0.15) is 29.7 Å². The molecule has 9 nitrogen and oxygen atoms in total. The third-order valence-corrected chi connectivity index (χ3v) is 9.05. The standard InChI is InChI=1S/C27H31ClF3N7O2/c1-37(11-14-8-21(24(40)23(14)39)38-5-4-16-25(32)33-12-34-26(16)38)15-6-13(7-15)2-3-22-35-19-9-17(27(29,30)31)18(28)10-20(19)36-22/h4-5,9-10,12-15,21,23-24,39-40H,2-3,6-8,11H2,1H3,(H,35,36)(H2,32,33,34)/t13-,14-,15+,21-,23-,24+/m1/s1. The summed E-state index contributed by atoms with van der Waals surface area (Å²) in [5, 5.41) is 22.1. The monoisotopic (exact) mass is 577 g/mol. The molecule has 2 aliphatic rings. The average Bonchev–Trinajstić information content (AvgIpc) is 3.54. The van der Waals surface area contributed by atoms with E-state index in [-0.39, 0.29) is 22.5 Å². The number of aromatic nitrogens is 5. The number of nitrogens with one attached hydrogen (secondary N) is 1. The fourth-order valence-electron chi connectivity index (χ4n) is 6.39. The number of aliphatic hydroxyl groups is 2. The van der Waals surface area contributed by atoms with Crippen molar-refractivity contribution in [2.24, 2.45) is 11.8 Å². The molecule has 2 fully saturated rings. The highest BCUT2D eigenvalue weighted by atomic mass is 35.5. The molecule has 3 heterocycles. The van der Waals surface area contributed by atoms with Gasteiger partial charge >= 0.3 is 6.18 Å². The van der Waals surface area contributed by atoms with Crippen LogP contribution in [0.5, 0.6) is 0 Å². The highest BCUT2D eigenvalue weighted by Gasteiger charge is 2.44. The van der Waals surface area contributed by atoms with E-state index in [1.165, 1.54) is 12.4 Å². The molecular formula is C27H31ClF3N7O2. The summed E-state index contributed by atoms with van der Waals surface area (Å²) in [7, 11) is 2.05. The molecule has 0 spiro atoms. The number of rotatable bonds is 7. The minimum absolute atomic E-state index is 0.0929. The summed E-state index contributed by atoms with van der Waals surface area (Å²) in [6, 6.07) is 4.17. The van der Waals surface area contributed by atoms with Crippen LogP contribution >= 0.6 is 11.6 Å². The number of halogens is 4. The summed E-state index contributed by atoms with van der Waals surface area (Å²) in [6.45, 7) is 0.661. The van der Waals surface area contributed by atoms with Gasteiger partial charge in [-0.25, -0.2) is 15.0 Å². The number of aliphatic hydroxyl groups excluding tert-OH is 2. The van der Waals surface area contributed by atoms with E-state index in [0.717, 1.165) is 30.7 Å². The normalized spacial score (nSPS) is 27.2. The summed E-state index contributed by atoms with van der Waals surface area (Å²) < 4.78 is 41.3. The molecule has 13 heteroatoms. The molecule has 0 radical (unpaired) electrons. The Balaban J connectivity index is 1.02. The first-order valence-electron chi connectivity index (χ1n) is 13.4. The number of hydrogen-bond acceptors (Lipinski definition) is 7. The molecule has 4 atom stereocenters. The van der Waals surface area contributed by atoms with E-state index in [1.807, 2.05) is 23.9 Å². The fraction of sp³-hybridized carbons (Fsp3) is 0.519. The van der Waals surface area contributed by atoms with Crippen LogP contribution < -0.4 is 5.73 Å². The van der Waals surface area contributed by atoms with E-state index in [4.69, 9.17) is 17.3 Å². The quantitative estimate of drug-likeness (QED) is 0.259. The lowest BCUT2D eigenvalue weighted by Crippen LogP contribution is -2.46. The van der Waals surface area contributed by atoms with Crippen molar-refractivity contribution < 1.29 is 23.4 Å². The molecule has 214 valence electrons. The van der Waals surface area contributed by atoms with Crippen LogP contribution in [0.25, 0.3) is 22.1 Å². The Kier molecular flexibility index (Phi) is 6.92. The Morgan fingerprint density at radius 2 is 1.95 bits per heavy atom. The number of benzene rings is 1. The van der Waals surface area contributed by atoms with Gasteiger partial charge in [0.15, 0.2) is 0 Å². The molecule has 0 aliphatic heterocycles. The van der Waals surface area contributed by atoms with Gasteiger partial charge in [0.2, 0.25) is 0 Å². The molecule has 0 amide bonds. The smallest absolute Gasteiger partial charge is 0.390 e. The third-order valence-electron chi connectivity index (χ3n) is 8.74. The lowest BCUT2D eigenvalue weighted by molar-refractivity contribution is -0.137. The number of hydrogen-bond donors (Lipinski definition) is 4. The van der Waals surface area contributed by atoms with Crippen molar-refractivity contribution in [3.8, 4) is 0 Å². The summed E-state index contributed by atoms with van der Waals surface area (Å²) in [5.41, 5.74) is 6.48. The van der Waals surface area contributed by atoms with Crippen LogP contribution in [-0.2, 0) is 12.6 Å². The lowest BCUT2D eigenvalue weighted by Gasteiger charge is -2.42. The Bertz CT molecular complexity index is 1530. The summed E-state index contributed by atoms with van der Waals surface area (Å²) in [5.74, 6) is 1.43. The number of nitrogens with zero attached hydrogens (tertiary/aromatic N) is 5. The van der Waals surface area contributed by atoms with Gasteiger partial charge in [0.25, 0.3) is 0 Å². The maximum Gasteiger partial charge on any atom is 0.417 e. The fourth-order valence-corrected chi connectivity index (χ4v) is 6.66. The number of nitrogen functional groups attached to an aromatic ring is 1. The van der Waals surface area contributed by atoms with Gasteiger partial charge in [-0.15, -0.1) is 0 Å². The van der Waals surface area contributed by atoms with Crippen LogP contribution in [0, 0.1) is 11.8 Å². The van der Waals surface area contributed by atoms with Gasteiger partial charge in [-0.2, -0.15) is 13.2 Å². The van der Waals surface area contributed by atoms with E-state index >= 15 is 0 Å². The van der Waals surface area contributed by atoms with E-state index in [2.05, 4.69) is 24.8 Å². The SMILES string of the molecule is CN(C[C@H]1C[C@@H](n2ccc3c(N)ncnc32)[C@H](O)[C@@H]1O)[C@H]1C[C@@H](CCc2nc3cc(C(F)(F)F)c(Cl)cc3[nH]2)C1. The van der Waals surface area contributed by atoms with E-state index < -0.39 is 23.9 Å². The second-order valence-electron chi connectivity index (χ2n) is 11.3. The molecule has 40 heavy (non-hydrogen) atoms. The van der Waals surface area contributed by atoms with Gasteiger partial charge in [-0.1, -0.05) is 11.6 Å². The van der Waals surface area contributed by atoms with Crippen LogP contribution in [0.1, 0.15) is 43.1 Å². The first-order valence-corrected chi connectivity index (χ1v) is 13.8. The average molecular weight is 578 g/mol. The Labute approximate surface area is 233 Å². The Morgan fingerprint density at radius 1 is 1.18 bits per heavy atom. The highest BCUT2D eigenvalue weighted by Crippen LogP contribution is 2.41. The highest BCUT2D eigenvalue weighted by molar-refractivity contribution is 6.32. The van der Waals surface area contributed by atoms with Crippen molar-refractivity contribution in [3.63, 3.8) is 0 Å². The minimum Gasteiger partial charge on any atom is -0.390 e. The first-order chi connectivity index (χ1) is 19.0. The van der Waals surface area contributed by atoms with Crippen molar-refractivity contribution in [1.29, 1.82) is 0 Å². The van der Waals surface area contributed by atoms with Crippen LogP contribution in [0.2, 0.25) is 5.02 Å². The molecule has 0 unspecified atom stereocenters. The lowest BCUT2D eigenvalue weighted by atomic mass is 9.76. The van der Waals surface area contributed by atoms with Gasteiger partial charge in [0.05, 0.1) is 39.2 Å². The number of imidazole rings is 1. The molecule has 0 saturated heterocycles. The zero-order valence-electron chi connectivity index (χ0n) is 21.8. The zero-order valence-corrected chi connectivity index (χ0v) is 22.6. The minimum atomic E-state index is -4.52. The second-order valence-corrected chi connectivity index (χ2v) is 11.7. The van der Waals surface area contributed by atoms with Crippen molar-refractivity contribution in [2.75, 3.05) is 19.3 Å². The molecule has 5 N–H and O–H groups in total. The molecule has 1 aromatic carbocycles. The molecule has 2 saturated carbocycles. The van der Waals surface area contributed by atoms with Crippen LogP contribution in [0.4, 0.5) is 19.0 Å². The third kappa shape index (κ3) is 4.91. The summed E-state index contributed by atoms with van der Waals surface area (Å²) in [4.78, 5) is 18.1. The van der Waals surface area contributed by atoms with Crippen molar-refractivity contribution in [3.05, 3.63) is 47.1 Å². The van der Waals surface area contributed by atoms with Gasteiger partial charge < -0.3 is 30.4 Å². The number of H-pyrrole nitrogens is 1. The summed E-state index contributed by atoms with van der Waals surface area (Å²) in [6.07, 6.45) is 1.08. The molecule has 2 aliphatic carbocycles. The summed E-state index contributed by atoms with van der Waals surface area (Å²) >= 11 is 5.83. The van der Waals surface area contributed by atoms with Gasteiger partial charge in [0, 0.05) is 31.1 Å².